The van der Waals surface area contributed by atoms with E-state index in [1.165, 1.54) is 17.7 Å². The van der Waals surface area contributed by atoms with Crippen molar-refractivity contribution >= 4 is 5.69 Å². The Morgan fingerprint density at radius 2 is 2.14 bits per heavy atom. The van der Waals surface area contributed by atoms with Crippen molar-refractivity contribution in [3.8, 4) is 5.75 Å². The summed E-state index contributed by atoms with van der Waals surface area (Å²) in [6.45, 7) is 2.87. The molecular weight excluding hydrogens is 260 g/mol. The van der Waals surface area contributed by atoms with Crippen molar-refractivity contribution in [1.82, 2.24) is 4.98 Å². The standard InChI is InChI=1S/C18H22N2O/c1-2-13-21-17-11-4-3-9-15(17)20-16-10-5-7-14-8-6-12-19-18(14)16/h3-4,6,8-9,11-12,16,20H,2,5,7,10,13H2,1H3. The van der Waals surface area contributed by atoms with Gasteiger partial charge in [-0.3, -0.25) is 4.98 Å². The first-order valence-corrected chi connectivity index (χ1v) is 7.80. The molecule has 3 heteroatoms. The average Bonchev–Trinajstić information content (AvgIpc) is 2.54. The van der Waals surface area contributed by atoms with Gasteiger partial charge in [0.1, 0.15) is 5.75 Å². The maximum Gasteiger partial charge on any atom is 0.142 e. The van der Waals surface area contributed by atoms with Gasteiger partial charge in [-0.05, 0) is 49.4 Å². The number of rotatable bonds is 5. The third-order valence-electron chi connectivity index (χ3n) is 3.87. The van der Waals surface area contributed by atoms with E-state index in [1.807, 2.05) is 30.5 Å². The Morgan fingerprint density at radius 1 is 1.24 bits per heavy atom. The first kappa shape index (κ1) is 13.9. The number of ether oxygens (including phenoxy) is 1. The monoisotopic (exact) mass is 282 g/mol. The van der Waals surface area contributed by atoms with Gasteiger partial charge in [0.25, 0.3) is 0 Å². The average molecular weight is 282 g/mol. The molecule has 21 heavy (non-hydrogen) atoms. The van der Waals surface area contributed by atoms with Crippen LogP contribution in [-0.2, 0) is 6.42 Å². The number of pyridine rings is 1. The first-order chi connectivity index (χ1) is 10.4. The summed E-state index contributed by atoms with van der Waals surface area (Å²) in [5.41, 5.74) is 3.62. The van der Waals surface area contributed by atoms with Crippen molar-refractivity contribution in [1.29, 1.82) is 0 Å². The van der Waals surface area contributed by atoms with Crippen LogP contribution in [0, 0.1) is 0 Å². The molecule has 0 saturated carbocycles. The smallest absolute Gasteiger partial charge is 0.142 e. The highest BCUT2D eigenvalue weighted by molar-refractivity contribution is 5.57. The summed E-state index contributed by atoms with van der Waals surface area (Å²) >= 11 is 0. The first-order valence-electron chi connectivity index (χ1n) is 7.80. The van der Waals surface area contributed by atoms with Crippen LogP contribution in [0.5, 0.6) is 5.75 Å². The Hall–Kier alpha value is -2.03. The van der Waals surface area contributed by atoms with Gasteiger partial charge < -0.3 is 10.1 Å². The quantitative estimate of drug-likeness (QED) is 0.884. The van der Waals surface area contributed by atoms with E-state index in [0.717, 1.165) is 37.3 Å². The summed E-state index contributed by atoms with van der Waals surface area (Å²) < 4.78 is 5.83. The fourth-order valence-electron chi connectivity index (χ4n) is 2.86. The van der Waals surface area contributed by atoms with Crippen LogP contribution in [0.4, 0.5) is 5.69 Å². The van der Waals surface area contributed by atoms with E-state index in [-0.39, 0.29) is 6.04 Å². The molecule has 1 heterocycles. The Bertz CT molecular complexity index is 597. The van der Waals surface area contributed by atoms with E-state index in [1.54, 1.807) is 0 Å². The molecule has 1 N–H and O–H groups in total. The van der Waals surface area contributed by atoms with E-state index >= 15 is 0 Å². The lowest BCUT2D eigenvalue weighted by atomic mass is 9.92. The number of benzene rings is 1. The summed E-state index contributed by atoms with van der Waals surface area (Å²) in [4.78, 5) is 4.59. The molecule has 0 amide bonds. The molecule has 0 spiro atoms. The maximum atomic E-state index is 5.83. The Kier molecular flexibility index (Phi) is 4.39. The molecule has 110 valence electrons. The van der Waals surface area contributed by atoms with Crippen molar-refractivity contribution in [2.45, 2.75) is 38.6 Å². The summed E-state index contributed by atoms with van der Waals surface area (Å²) in [6.07, 6.45) is 6.36. The molecule has 0 saturated heterocycles. The molecule has 1 aromatic carbocycles. The second-order valence-electron chi connectivity index (χ2n) is 5.48. The van der Waals surface area contributed by atoms with Gasteiger partial charge in [-0.1, -0.05) is 25.1 Å². The molecule has 0 radical (unpaired) electrons. The lowest BCUT2D eigenvalue weighted by Crippen LogP contribution is -2.19. The van der Waals surface area contributed by atoms with E-state index in [2.05, 4.69) is 29.4 Å². The second-order valence-corrected chi connectivity index (χ2v) is 5.48. The van der Waals surface area contributed by atoms with E-state index in [9.17, 15) is 0 Å². The topological polar surface area (TPSA) is 34.1 Å². The van der Waals surface area contributed by atoms with Crippen molar-refractivity contribution in [2.24, 2.45) is 0 Å². The third kappa shape index (κ3) is 3.18. The van der Waals surface area contributed by atoms with Crippen LogP contribution < -0.4 is 10.1 Å². The SMILES string of the molecule is CCCOc1ccccc1NC1CCCc2cccnc21. The Morgan fingerprint density at radius 3 is 3.05 bits per heavy atom. The molecule has 2 aromatic rings. The van der Waals surface area contributed by atoms with Gasteiger partial charge in [-0.25, -0.2) is 0 Å². The largest absolute Gasteiger partial charge is 0.491 e. The van der Waals surface area contributed by atoms with Gasteiger partial charge in [0.15, 0.2) is 0 Å². The van der Waals surface area contributed by atoms with Crippen molar-refractivity contribution < 1.29 is 4.74 Å². The minimum absolute atomic E-state index is 0.279. The third-order valence-corrected chi connectivity index (χ3v) is 3.87. The lowest BCUT2D eigenvalue weighted by molar-refractivity contribution is 0.318. The Labute approximate surface area is 126 Å². The summed E-state index contributed by atoms with van der Waals surface area (Å²) in [5.74, 6) is 0.933. The number of aromatic nitrogens is 1. The number of fused-ring (bicyclic) bond motifs is 1. The van der Waals surface area contributed by atoms with E-state index < -0.39 is 0 Å². The second kappa shape index (κ2) is 6.61. The normalized spacial score (nSPS) is 17.1. The minimum Gasteiger partial charge on any atom is -0.491 e. The fraction of sp³-hybridized carbons (Fsp3) is 0.389. The highest BCUT2D eigenvalue weighted by Gasteiger charge is 2.21. The van der Waals surface area contributed by atoms with Gasteiger partial charge in [-0.2, -0.15) is 0 Å². The molecule has 1 unspecified atom stereocenters. The number of hydrogen-bond acceptors (Lipinski definition) is 3. The van der Waals surface area contributed by atoms with Crippen LogP contribution >= 0.6 is 0 Å². The number of hydrogen-bond donors (Lipinski definition) is 1. The lowest BCUT2D eigenvalue weighted by Gasteiger charge is -2.26. The number of aryl methyl sites for hydroxylation is 1. The zero-order chi connectivity index (χ0) is 14.5. The van der Waals surface area contributed by atoms with Gasteiger partial charge in [0.2, 0.25) is 0 Å². The van der Waals surface area contributed by atoms with Crippen LogP contribution in [0.15, 0.2) is 42.6 Å². The summed E-state index contributed by atoms with van der Waals surface area (Å²) in [6, 6.07) is 12.7. The maximum absolute atomic E-state index is 5.83. The van der Waals surface area contributed by atoms with Gasteiger partial charge in [-0.15, -0.1) is 0 Å². The summed E-state index contributed by atoms with van der Waals surface area (Å²) in [5, 5.41) is 3.63. The molecule has 1 aromatic heterocycles. The van der Waals surface area contributed by atoms with Crippen LogP contribution in [0.2, 0.25) is 0 Å². The van der Waals surface area contributed by atoms with Gasteiger partial charge in [0.05, 0.1) is 24.0 Å². The zero-order valence-corrected chi connectivity index (χ0v) is 12.5. The van der Waals surface area contributed by atoms with Crippen LogP contribution in [0.3, 0.4) is 0 Å². The van der Waals surface area contributed by atoms with Crippen molar-refractivity contribution in [3.63, 3.8) is 0 Å². The predicted molar refractivity (Wildman–Crippen MR) is 85.8 cm³/mol. The molecule has 0 aliphatic heterocycles. The van der Waals surface area contributed by atoms with Crippen molar-refractivity contribution in [3.05, 3.63) is 53.9 Å². The predicted octanol–water partition coefficient (Wildman–Crippen LogP) is 4.36. The summed E-state index contributed by atoms with van der Waals surface area (Å²) in [7, 11) is 0. The van der Waals surface area contributed by atoms with Crippen molar-refractivity contribution in [2.75, 3.05) is 11.9 Å². The molecule has 1 aliphatic rings. The number of anilines is 1. The number of nitrogens with one attached hydrogen (secondary N) is 1. The van der Waals surface area contributed by atoms with Gasteiger partial charge in [0, 0.05) is 6.20 Å². The van der Waals surface area contributed by atoms with Crippen LogP contribution in [0.25, 0.3) is 0 Å². The molecule has 1 aliphatic carbocycles. The molecule has 3 nitrogen and oxygen atoms in total. The molecule has 0 bridgehead atoms. The zero-order valence-electron chi connectivity index (χ0n) is 12.5. The van der Waals surface area contributed by atoms with Crippen LogP contribution in [0.1, 0.15) is 43.5 Å². The fourth-order valence-corrected chi connectivity index (χ4v) is 2.86. The van der Waals surface area contributed by atoms with Gasteiger partial charge >= 0.3 is 0 Å². The Balaban J connectivity index is 1.81. The van der Waals surface area contributed by atoms with Crippen LogP contribution in [-0.4, -0.2) is 11.6 Å². The highest BCUT2D eigenvalue weighted by atomic mass is 16.5. The molecule has 1 atom stereocenters. The molecular formula is C18H22N2O. The molecule has 3 rings (SSSR count). The van der Waals surface area contributed by atoms with E-state index in [4.69, 9.17) is 4.74 Å². The molecule has 0 fully saturated rings. The highest BCUT2D eigenvalue weighted by Crippen LogP contribution is 2.34. The number of para-hydroxylation sites is 2. The minimum atomic E-state index is 0.279. The van der Waals surface area contributed by atoms with E-state index in [0.29, 0.717) is 0 Å². The number of nitrogens with zero attached hydrogens (tertiary/aromatic N) is 1.